The van der Waals surface area contributed by atoms with Crippen molar-refractivity contribution in [2.24, 2.45) is 5.92 Å². The molecule has 6 heteroatoms. The zero-order valence-corrected chi connectivity index (χ0v) is 18.5. The van der Waals surface area contributed by atoms with Crippen molar-refractivity contribution in [1.82, 2.24) is 14.5 Å². The number of benzene rings is 1. The van der Waals surface area contributed by atoms with Crippen LogP contribution in [0.2, 0.25) is 0 Å². The van der Waals surface area contributed by atoms with Gasteiger partial charge in [0, 0.05) is 68.8 Å². The summed E-state index contributed by atoms with van der Waals surface area (Å²) in [6, 6.07) is 13.2. The standard InChI is InChI=1S/C25H31N5O/c1-19(2)25(31)29-15-13-28(14-16-29)23-9-10-26-30-18-21(17-24(23)30)20-5-7-22(8-6-20)27-11-3-4-12-27/h5-10,17-19H,3-4,11-16H2,1-2H3. The third-order valence-electron chi connectivity index (χ3n) is 6.58. The number of hydrogen-bond donors (Lipinski definition) is 0. The predicted molar refractivity (Wildman–Crippen MR) is 126 cm³/mol. The minimum atomic E-state index is 0.0595. The zero-order valence-electron chi connectivity index (χ0n) is 18.5. The summed E-state index contributed by atoms with van der Waals surface area (Å²) in [6.45, 7) is 9.53. The lowest BCUT2D eigenvalue weighted by Gasteiger charge is -2.37. The van der Waals surface area contributed by atoms with E-state index in [1.807, 2.05) is 29.5 Å². The minimum Gasteiger partial charge on any atom is -0.372 e. The Morgan fingerprint density at radius 2 is 1.58 bits per heavy atom. The SMILES string of the molecule is CC(C)C(=O)N1CCN(c2ccnn3cc(-c4ccc(N5CCCC5)cc4)cc23)CC1. The first kappa shape index (κ1) is 19.9. The van der Waals surface area contributed by atoms with Gasteiger partial charge in [-0.25, -0.2) is 4.52 Å². The lowest BCUT2D eigenvalue weighted by Crippen LogP contribution is -2.50. The van der Waals surface area contributed by atoms with Gasteiger partial charge in [0.05, 0.1) is 11.2 Å². The molecule has 0 N–H and O–H groups in total. The number of amides is 1. The highest BCUT2D eigenvalue weighted by Gasteiger charge is 2.24. The first-order valence-corrected chi connectivity index (χ1v) is 11.5. The second kappa shape index (κ2) is 8.25. The van der Waals surface area contributed by atoms with E-state index in [9.17, 15) is 4.79 Å². The van der Waals surface area contributed by atoms with Gasteiger partial charge < -0.3 is 14.7 Å². The maximum absolute atomic E-state index is 12.3. The number of hydrogen-bond acceptors (Lipinski definition) is 4. The van der Waals surface area contributed by atoms with Crippen LogP contribution in [0.3, 0.4) is 0 Å². The Kier molecular flexibility index (Phi) is 5.30. The number of rotatable bonds is 4. The maximum Gasteiger partial charge on any atom is 0.225 e. The van der Waals surface area contributed by atoms with E-state index in [1.54, 1.807) is 0 Å². The van der Waals surface area contributed by atoms with Gasteiger partial charge in [-0.05, 0) is 42.7 Å². The van der Waals surface area contributed by atoms with Gasteiger partial charge in [0.15, 0.2) is 0 Å². The second-order valence-corrected chi connectivity index (χ2v) is 8.98. The molecule has 2 saturated heterocycles. The average Bonchev–Trinajstić information content (AvgIpc) is 3.49. The van der Waals surface area contributed by atoms with E-state index >= 15 is 0 Å². The van der Waals surface area contributed by atoms with Crippen LogP contribution in [-0.4, -0.2) is 59.7 Å². The third kappa shape index (κ3) is 3.87. The summed E-state index contributed by atoms with van der Waals surface area (Å²) in [5, 5.41) is 4.55. The molecule has 0 saturated carbocycles. The van der Waals surface area contributed by atoms with Crippen molar-refractivity contribution in [3.05, 3.63) is 48.8 Å². The molecule has 0 bridgehead atoms. The smallest absolute Gasteiger partial charge is 0.225 e. The Morgan fingerprint density at radius 3 is 2.26 bits per heavy atom. The molecule has 5 rings (SSSR count). The van der Waals surface area contributed by atoms with Gasteiger partial charge in [-0.15, -0.1) is 0 Å². The van der Waals surface area contributed by atoms with E-state index < -0.39 is 0 Å². The average molecular weight is 418 g/mol. The Balaban J connectivity index is 1.36. The Morgan fingerprint density at radius 1 is 0.871 bits per heavy atom. The van der Waals surface area contributed by atoms with Gasteiger partial charge in [0.1, 0.15) is 0 Å². The summed E-state index contributed by atoms with van der Waals surface area (Å²) in [7, 11) is 0. The third-order valence-corrected chi connectivity index (χ3v) is 6.58. The largest absolute Gasteiger partial charge is 0.372 e. The molecule has 3 aromatic rings. The van der Waals surface area contributed by atoms with Gasteiger partial charge in [-0.1, -0.05) is 26.0 Å². The van der Waals surface area contributed by atoms with Crippen molar-refractivity contribution in [2.75, 3.05) is 49.1 Å². The first-order chi connectivity index (χ1) is 15.1. The molecule has 31 heavy (non-hydrogen) atoms. The summed E-state index contributed by atoms with van der Waals surface area (Å²) in [4.78, 5) is 19.1. The fourth-order valence-corrected chi connectivity index (χ4v) is 4.80. The van der Waals surface area contributed by atoms with Gasteiger partial charge >= 0.3 is 0 Å². The molecule has 4 heterocycles. The highest BCUT2D eigenvalue weighted by molar-refractivity contribution is 5.81. The van der Waals surface area contributed by atoms with Crippen LogP contribution in [0.4, 0.5) is 11.4 Å². The van der Waals surface area contributed by atoms with Gasteiger partial charge in [0.2, 0.25) is 5.91 Å². The molecule has 2 aromatic heterocycles. The molecule has 0 radical (unpaired) electrons. The van der Waals surface area contributed by atoms with Crippen molar-refractivity contribution in [3.8, 4) is 11.1 Å². The van der Waals surface area contributed by atoms with Gasteiger partial charge in [-0.2, -0.15) is 5.10 Å². The quantitative estimate of drug-likeness (QED) is 0.646. The summed E-state index contributed by atoms with van der Waals surface area (Å²) >= 11 is 0. The molecule has 2 aliphatic heterocycles. The number of carbonyl (C=O) groups is 1. The molecule has 1 aromatic carbocycles. The minimum absolute atomic E-state index is 0.0595. The van der Waals surface area contributed by atoms with Crippen LogP contribution in [0.1, 0.15) is 26.7 Å². The van der Waals surface area contributed by atoms with Gasteiger partial charge in [0.25, 0.3) is 0 Å². The van der Waals surface area contributed by atoms with Crippen molar-refractivity contribution in [3.63, 3.8) is 0 Å². The molecule has 1 amide bonds. The van der Waals surface area contributed by atoms with E-state index in [-0.39, 0.29) is 11.8 Å². The highest BCUT2D eigenvalue weighted by Crippen LogP contribution is 2.30. The molecule has 2 aliphatic rings. The lowest BCUT2D eigenvalue weighted by molar-refractivity contribution is -0.134. The van der Waals surface area contributed by atoms with Crippen molar-refractivity contribution in [2.45, 2.75) is 26.7 Å². The van der Waals surface area contributed by atoms with Gasteiger partial charge in [-0.3, -0.25) is 4.79 Å². The topological polar surface area (TPSA) is 44.1 Å². The number of anilines is 2. The molecule has 0 atom stereocenters. The molecule has 0 aliphatic carbocycles. The van der Waals surface area contributed by atoms with E-state index in [0.717, 1.165) is 31.7 Å². The van der Waals surface area contributed by atoms with Crippen LogP contribution in [0, 0.1) is 5.92 Å². The van der Waals surface area contributed by atoms with Crippen LogP contribution in [-0.2, 0) is 4.79 Å². The molecule has 0 unspecified atom stereocenters. The molecule has 2 fully saturated rings. The van der Waals surface area contributed by atoms with Crippen LogP contribution < -0.4 is 9.80 Å². The molecule has 6 nitrogen and oxygen atoms in total. The fraction of sp³-hybridized carbons (Fsp3) is 0.440. The summed E-state index contributed by atoms with van der Waals surface area (Å²) in [6.07, 6.45) is 6.57. The predicted octanol–water partition coefficient (Wildman–Crippen LogP) is 3.91. The molecule has 162 valence electrons. The van der Waals surface area contributed by atoms with Crippen LogP contribution in [0.5, 0.6) is 0 Å². The van der Waals surface area contributed by atoms with Crippen LogP contribution in [0.25, 0.3) is 16.6 Å². The number of carbonyl (C=O) groups excluding carboxylic acids is 1. The first-order valence-electron chi connectivity index (χ1n) is 11.5. The van der Waals surface area contributed by atoms with Crippen LogP contribution >= 0.6 is 0 Å². The second-order valence-electron chi connectivity index (χ2n) is 8.98. The zero-order chi connectivity index (χ0) is 21.4. The van der Waals surface area contributed by atoms with E-state index in [2.05, 4.69) is 57.5 Å². The van der Waals surface area contributed by atoms with E-state index in [0.29, 0.717) is 0 Å². The number of fused-ring (bicyclic) bond motifs is 1. The summed E-state index contributed by atoms with van der Waals surface area (Å²) < 4.78 is 1.98. The number of nitrogens with zero attached hydrogens (tertiary/aromatic N) is 5. The normalized spacial score (nSPS) is 17.2. The Bertz CT molecular complexity index is 1060. The summed E-state index contributed by atoms with van der Waals surface area (Å²) in [5.41, 5.74) is 6.02. The summed E-state index contributed by atoms with van der Waals surface area (Å²) in [5.74, 6) is 0.311. The molecular weight excluding hydrogens is 386 g/mol. The van der Waals surface area contributed by atoms with Crippen LogP contribution in [0.15, 0.2) is 48.8 Å². The Hall–Kier alpha value is -3.02. The fourth-order valence-electron chi connectivity index (χ4n) is 4.80. The Labute approximate surface area is 184 Å². The van der Waals surface area contributed by atoms with Crippen molar-refractivity contribution >= 4 is 22.8 Å². The lowest BCUT2D eigenvalue weighted by atomic mass is 10.1. The maximum atomic E-state index is 12.3. The molecular formula is C25H31N5O. The number of piperazine rings is 1. The molecule has 0 spiro atoms. The number of aromatic nitrogens is 2. The monoisotopic (exact) mass is 417 g/mol. The van der Waals surface area contributed by atoms with Crippen molar-refractivity contribution in [1.29, 1.82) is 0 Å². The van der Waals surface area contributed by atoms with E-state index in [1.165, 1.54) is 48.4 Å². The van der Waals surface area contributed by atoms with Crippen molar-refractivity contribution < 1.29 is 4.79 Å². The highest BCUT2D eigenvalue weighted by atomic mass is 16.2. The van der Waals surface area contributed by atoms with E-state index in [4.69, 9.17) is 0 Å².